The average Bonchev–Trinajstić information content (AvgIpc) is 2.69. The van der Waals surface area contributed by atoms with E-state index < -0.39 is 6.09 Å². The van der Waals surface area contributed by atoms with E-state index in [2.05, 4.69) is 22.3 Å². The number of nitrogens with one attached hydrogen (secondary N) is 1. The van der Waals surface area contributed by atoms with Crippen molar-refractivity contribution in [3.8, 4) is 11.8 Å². The monoisotopic (exact) mass is 340 g/mol. The predicted octanol–water partition coefficient (Wildman–Crippen LogP) is 4.67. The summed E-state index contributed by atoms with van der Waals surface area (Å²) in [5.74, 6) is 6.20. The highest BCUT2D eigenvalue weighted by Crippen LogP contribution is 2.06. The number of anilines is 1. The lowest BCUT2D eigenvalue weighted by Crippen LogP contribution is -2.10. The Morgan fingerprint density at radius 2 is 1.38 bits per heavy atom. The van der Waals surface area contributed by atoms with E-state index in [1.807, 2.05) is 72.8 Å². The fraction of sp³-hybridized carbons (Fsp3) is 0. The Morgan fingerprint density at radius 3 is 2.04 bits per heavy atom. The van der Waals surface area contributed by atoms with Crippen LogP contribution in [-0.2, 0) is 4.84 Å². The van der Waals surface area contributed by atoms with Crippen molar-refractivity contribution in [3.63, 3.8) is 0 Å². The van der Waals surface area contributed by atoms with Crippen molar-refractivity contribution in [1.82, 2.24) is 0 Å². The van der Waals surface area contributed by atoms with Gasteiger partial charge in [-0.25, -0.2) is 4.79 Å². The van der Waals surface area contributed by atoms with Crippen molar-refractivity contribution >= 4 is 18.0 Å². The molecule has 4 nitrogen and oxygen atoms in total. The van der Waals surface area contributed by atoms with E-state index in [4.69, 9.17) is 4.84 Å². The number of carbonyl (C=O) groups is 1. The molecular formula is C22H16N2O2. The molecule has 0 atom stereocenters. The van der Waals surface area contributed by atoms with Gasteiger partial charge in [0.15, 0.2) is 0 Å². The zero-order valence-corrected chi connectivity index (χ0v) is 13.9. The minimum atomic E-state index is -0.641. The van der Waals surface area contributed by atoms with Crippen LogP contribution in [0, 0.1) is 11.8 Å². The van der Waals surface area contributed by atoms with Gasteiger partial charge in [0.1, 0.15) is 0 Å². The van der Waals surface area contributed by atoms with Crippen molar-refractivity contribution in [2.24, 2.45) is 5.16 Å². The van der Waals surface area contributed by atoms with Crippen LogP contribution in [0.1, 0.15) is 16.7 Å². The second kappa shape index (κ2) is 8.86. The van der Waals surface area contributed by atoms with Gasteiger partial charge >= 0.3 is 6.09 Å². The van der Waals surface area contributed by atoms with Gasteiger partial charge in [-0.3, -0.25) is 10.2 Å². The topological polar surface area (TPSA) is 50.7 Å². The lowest BCUT2D eigenvalue weighted by atomic mass is 10.1. The number of para-hydroxylation sites is 1. The standard InChI is InChI=1S/C22H16N2O2/c25-22(24-21-9-5-2-6-10-21)26-23-17-20-15-13-19(14-16-20)12-11-18-7-3-1-4-8-18/h1-10,13-17H,(H,24,25)/b23-17+. The van der Waals surface area contributed by atoms with Crippen molar-refractivity contribution in [2.45, 2.75) is 0 Å². The van der Waals surface area contributed by atoms with Crippen LogP contribution in [0.2, 0.25) is 0 Å². The summed E-state index contributed by atoms with van der Waals surface area (Å²) in [5.41, 5.74) is 3.32. The van der Waals surface area contributed by atoms with Gasteiger partial charge in [-0.1, -0.05) is 65.5 Å². The summed E-state index contributed by atoms with van der Waals surface area (Å²) in [5, 5.41) is 6.26. The van der Waals surface area contributed by atoms with Gasteiger partial charge in [-0.2, -0.15) is 0 Å². The van der Waals surface area contributed by atoms with Gasteiger partial charge in [0, 0.05) is 16.8 Å². The molecule has 3 rings (SSSR count). The first kappa shape index (κ1) is 17.0. The molecule has 4 heteroatoms. The van der Waals surface area contributed by atoms with Crippen molar-refractivity contribution < 1.29 is 9.63 Å². The van der Waals surface area contributed by atoms with Gasteiger partial charge in [0.25, 0.3) is 0 Å². The van der Waals surface area contributed by atoms with Crippen LogP contribution < -0.4 is 5.32 Å². The van der Waals surface area contributed by atoms with Gasteiger partial charge in [0.2, 0.25) is 0 Å². The van der Waals surface area contributed by atoms with Crippen LogP contribution in [-0.4, -0.2) is 12.3 Å². The minimum Gasteiger partial charge on any atom is -0.298 e. The van der Waals surface area contributed by atoms with E-state index in [0.29, 0.717) is 5.69 Å². The molecular weight excluding hydrogens is 324 g/mol. The molecule has 0 saturated carbocycles. The number of amides is 1. The summed E-state index contributed by atoms with van der Waals surface area (Å²) in [6.07, 6.45) is 0.830. The van der Waals surface area contributed by atoms with E-state index in [0.717, 1.165) is 16.7 Å². The van der Waals surface area contributed by atoms with Gasteiger partial charge in [-0.05, 0) is 42.0 Å². The Balaban J connectivity index is 1.53. The van der Waals surface area contributed by atoms with Crippen LogP contribution in [0.15, 0.2) is 90.1 Å². The normalized spacial score (nSPS) is 10.0. The molecule has 3 aromatic carbocycles. The van der Waals surface area contributed by atoms with E-state index >= 15 is 0 Å². The molecule has 0 aliphatic carbocycles. The molecule has 0 radical (unpaired) electrons. The second-order valence-electron chi connectivity index (χ2n) is 5.34. The first-order valence-corrected chi connectivity index (χ1v) is 8.03. The Morgan fingerprint density at radius 1 is 0.808 bits per heavy atom. The summed E-state index contributed by atoms with van der Waals surface area (Å²) in [7, 11) is 0. The van der Waals surface area contributed by atoms with E-state index in [-0.39, 0.29) is 0 Å². The Labute approximate surface area is 152 Å². The lowest BCUT2D eigenvalue weighted by molar-refractivity contribution is 0.167. The molecule has 3 aromatic rings. The minimum absolute atomic E-state index is 0.641. The van der Waals surface area contributed by atoms with Gasteiger partial charge in [-0.15, -0.1) is 0 Å². The highest BCUT2D eigenvalue weighted by atomic mass is 16.7. The molecule has 0 fully saturated rings. The molecule has 1 amide bonds. The molecule has 126 valence electrons. The molecule has 0 unspecified atom stereocenters. The quantitative estimate of drug-likeness (QED) is 0.326. The molecule has 0 heterocycles. The fourth-order valence-electron chi connectivity index (χ4n) is 2.12. The van der Waals surface area contributed by atoms with Crippen molar-refractivity contribution in [1.29, 1.82) is 0 Å². The van der Waals surface area contributed by atoms with Crippen LogP contribution in [0.25, 0.3) is 0 Å². The highest BCUT2D eigenvalue weighted by Gasteiger charge is 2.01. The zero-order chi connectivity index (χ0) is 18.0. The molecule has 0 spiro atoms. The molecule has 0 aliphatic rings. The zero-order valence-electron chi connectivity index (χ0n) is 13.9. The molecule has 1 N–H and O–H groups in total. The smallest absolute Gasteiger partial charge is 0.298 e. The number of nitrogens with zero attached hydrogens (tertiary/aromatic N) is 1. The van der Waals surface area contributed by atoms with Crippen LogP contribution in [0.3, 0.4) is 0 Å². The number of rotatable bonds is 3. The number of benzene rings is 3. The largest absolute Gasteiger partial charge is 0.437 e. The van der Waals surface area contributed by atoms with Crippen LogP contribution >= 0.6 is 0 Å². The molecule has 0 aromatic heterocycles. The van der Waals surface area contributed by atoms with Crippen LogP contribution in [0.5, 0.6) is 0 Å². The first-order valence-electron chi connectivity index (χ1n) is 8.03. The summed E-state index contributed by atoms with van der Waals surface area (Å²) in [6.45, 7) is 0. The maximum Gasteiger partial charge on any atom is 0.437 e. The van der Waals surface area contributed by atoms with E-state index in [1.165, 1.54) is 6.21 Å². The average molecular weight is 340 g/mol. The third-order valence-corrected chi connectivity index (χ3v) is 3.39. The predicted molar refractivity (Wildman–Crippen MR) is 103 cm³/mol. The lowest BCUT2D eigenvalue weighted by Gasteiger charge is -2.01. The fourth-order valence-corrected chi connectivity index (χ4v) is 2.12. The second-order valence-corrected chi connectivity index (χ2v) is 5.34. The molecule has 26 heavy (non-hydrogen) atoms. The number of carbonyl (C=O) groups excluding carboxylic acids is 1. The summed E-state index contributed by atoms with van der Waals surface area (Å²) in [6, 6.07) is 26.3. The molecule has 0 bridgehead atoms. The van der Waals surface area contributed by atoms with Crippen molar-refractivity contribution in [2.75, 3.05) is 5.32 Å². The molecule has 0 saturated heterocycles. The number of hydrogen-bond acceptors (Lipinski definition) is 3. The van der Waals surface area contributed by atoms with E-state index in [1.54, 1.807) is 12.1 Å². The SMILES string of the molecule is O=C(Nc1ccccc1)O/N=C/c1ccc(C#Cc2ccccc2)cc1. The summed E-state index contributed by atoms with van der Waals surface area (Å²) < 4.78 is 0. The van der Waals surface area contributed by atoms with Gasteiger partial charge in [0.05, 0.1) is 6.21 Å². The Bertz CT molecular complexity index is 938. The number of oxime groups is 1. The third kappa shape index (κ3) is 5.36. The number of hydrogen-bond donors (Lipinski definition) is 1. The van der Waals surface area contributed by atoms with Crippen molar-refractivity contribution in [3.05, 3.63) is 102 Å². The first-order chi connectivity index (χ1) is 12.8. The Hall–Kier alpha value is -3.84. The summed E-state index contributed by atoms with van der Waals surface area (Å²) >= 11 is 0. The van der Waals surface area contributed by atoms with Crippen LogP contribution in [0.4, 0.5) is 10.5 Å². The maximum absolute atomic E-state index is 11.6. The maximum atomic E-state index is 11.6. The highest BCUT2D eigenvalue weighted by molar-refractivity contribution is 5.85. The molecule has 0 aliphatic heterocycles. The summed E-state index contributed by atoms with van der Waals surface area (Å²) in [4.78, 5) is 16.4. The third-order valence-electron chi connectivity index (χ3n) is 3.39. The van der Waals surface area contributed by atoms with Gasteiger partial charge < -0.3 is 0 Å². The Kier molecular flexibility index (Phi) is 5.79. The van der Waals surface area contributed by atoms with E-state index in [9.17, 15) is 4.79 Å².